The Hall–Kier alpha value is -1.55. The number of hydrogen-bond donors (Lipinski definition) is 2. The first kappa shape index (κ1) is 14.9. The number of carbonyl (C=O) groups excluding carboxylic acids is 1. The van der Waals surface area contributed by atoms with Crippen LogP contribution in [0, 0.1) is 6.92 Å². The minimum absolute atomic E-state index is 0.0173. The molecule has 1 aromatic rings. The van der Waals surface area contributed by atoms with Crippen LogP contribution in [0.25, 0.3) is 0 Å². The van der Waals surface area contributed by atoms with E-state index in [9.17, 15) is 4.79 Å². The van der Waals surface area contributed by atoms with Crippen LogP contribution in [0.4, 0.5) is 5.69 Å². The van der Waals surface area contributed by atoms with Gasteiger partial charge in [-0.05, 0) is 57.4 Å². The normalized spacial score (nSPS) is 23.4. The van der Waals surface area contributed by atoms with E-state index >= 15 is 0 Å². The average Bonchev–Trinajstić information content (AvgIpc) is 2.42. The van der Waals surface area contributed by atoms with E-state index in [0.29, 0.717) is 17.6 Å². The molecule has 2 atom stereocenters. The van der Waals surface area contributed by atoms with Gasteiger partial charge in [0.1, 0.15) is 0 Å². The van der Waals surface area contributed by atoms with E-state index in [2.05, 4.69) is 29.6 Å². The van der Waals surface area contributed by atoms with Gasteiger partial charge in [-0.15, -0.1) is 0 Å². The lowest BCUT2D eigenvalue weighted by Crippen LogP contribution is -2.54. The van der Waals surface area contributed by atoms with Crippen LogP contribution in [-0.2, 0) is 0 Å². The van der Waals surface area contributed by atoms with Crippen molar-refractivity contribution in [2.24, 2.45) is 0 Å². The number of rotatable bonds is 3. The molecule has 0 saturated carbocycles. The molecule has 4 nitrogen and oxygen atoms in total. The van der Waals surface area contributed by atoms with Crippen molar-refractivity contribution in [1.29, 1.82) is 0 Å². The number of benzene rings is 1. The van der Waals surface area contributed by atoms with E-state index in [1.54, 1.807) is 0 Å². The summed E-state index contributed by atoms with van der Waals surface area (Å²) in [5.41, 5.74) is 5.93. The van der Waals surface area contributed by atoms with E-state index in [-0.39, 0.29) is 5.91 Å². The molecule has 1 fully saturated rings. The van der Waals surface area contributed by atoms with E-state index in [0.717, 1.165) is 24.1 Å². The van der Waals surface area contributed by atoms with Gasteiger partial charge in [-0.3, -0.25) is 10.2 Å². The van der Waals surface area contributed by atoms with Gasteiger partial charge in [0.2, 0.25) is 0 Å². The summed E-state index contributed by atoms with van der Waals surface area (Å²) in [5.74, 6) is -0.0173. The van der Waals surface area contributed by atoms with Crippen LogP contribution in [0.1, 0.15) is 49.0 Å². The number of nitrogens with one attached hydrogen (secondary N) is 2. The van der Waals surface area contributed by atoms with Crippen LogP contribution in [-0.4, -0.2) is 30.0 Å². The Kier molecular flexibility index (Phi) is 4.65. The summed E-state index contributed by atoms with van der Waals surface area (Å²) in [6.07, 6.45) is 3.52. The highest BCUT2D eigenvalue weighted by molar-refractivity contribution is 5.94. The fourth-order valence-electron chi connectivity index (χ4n) is 2.91. The predicted molar refractivity (Wildman–Crippen MR) is 82.8 cm³/mol. The van der Waals surface area contributed by atoms with Crippen molar-refractivity contribution in [1.82, 2.24) is 10.4 Å². The number of nitrogens with zero attached hydrogens (tertiary/aromatic N) is 1. The second-order valence-corrected chi connectivity index (χ2v) is 5.76. The smallest absolute Gasteiger partial charge is 0.265 e. The molecule has 1 aliphatic heterocycles. The third-order valence-electron chi connectivity index (χ3n) is 4.18. The summed E-state index contributed by atoms with van der Waals surface area (Å²) < 4.78 is 0. The van der Waals surface area contributed by atoms with Crippen molar-refractivity contribution in [2.45, 2.75) is 52.1 Å². The number of hydrogen-bond acceptors (Lipinski definition) is 3. The van der Waals surface area contributed by atoms with Gasteiger partial charge < -0.3 is 5.32 Å². The van der Waals surface area contributed by atoms with Gasteiger partial charge in [-0.1, -0.05) is 6.42 Å². The van der Waals surface area contributed by atoms with Crippen LogP contribution in [0.3, 0.4) is 0 Å². The zero-order valence-electron chi connectivity index (χ0n) is 12.9. The lowest BCUT2D eigenvalue weighted by molar-refractivity contribution is 0.0370. The number of piperidine rings is 1. The molecule has 2 rings (SSSR count). The summed E-state index contributed by atoms with van der Waals surface area (Å²) in [6, 6.07) is 6.56. The molecule has 0 spiro atoms. The maximum absolute atomic E-state index is 12.4. The molecule has 1 amide bonds. The first-order valence-corrected chi connectivity index (χ1v) is 7.40. The maximum Gasteiger partial charge on any atom is 0.265 e. The molecule has 1 heterocycles. The summed E-state index contributed by atoms with van der Waals surface area (Å²) in [7, 11) is 1.89. The lowest BCUT2D eigenvalue weighted by atomic mass is 10.00. The van der Waals surface area contributed by atoms with Crippen molar-refractivity contribution < 1.29 is 4.79 Å². The summed E-state index contributed by atoms with van der Waals surface area (Å²) >= 11 is 0. The van der Waals surface area contributed by atoms with Crippen LogP contribution in [0.5, 0.6) is 0 Å². The summed E-state index contributed by atoms with van der Waals surface area (Å²) in [4.78, 5) is 12.4. The molecule has 1 aliphatic rings. The molecular weight excluding hydrogens is 250 g/mol. The quantitative estimate of drug-likeness (QED) is 0.891. The molecule has 0 radical (unpaired) electrons. The Morgan fingerprint density at radius 2 is 1.90 bits per heavy atom. The predicted octanol–water partition coefficient (Wildman–Crippen LogP) is 2.94. The first-order valence-electron chi connectivity index (χ1n) is 7.40. The summed E-state index contributed by atoms with van der Waals surface area (Å²) in [6.45, 7) is 6.35. The molecule has 0 aliphatic carbocycles. The molecule has 4 heteroatoms. The second-order valence-electron chi connectivity index (χ2n) is 5.76. The van der Waals surface area contributed by atoms with Crippen molar-refractivity contribution in [3.8, 4) is 0 Å². The van der Waals surface area contributed by atoms with Crippen molar-refractivity contribution in [3.63, 3.8) is 0 Å². The number of aryl methyl sites for hydroxylation is 1. The Labute approximate surface area is 121 Å². The molecular formula is C16H25N3O. The Morgan fingerprint density at radius 1 is 1.25 bits per heavy atom. The molecule has 110 valence electrons. The molecule has 1 aromatic carbocycles. The van der Waals surface area contributed by atoms with E-state index < -0.39 is 0 Å². The lowest BCUT2D eigenvalue weighted by Gasteiger charge is -2.38. The zero-order chi connectivity index (χ0) is 14.7. The molecule has 0 aromatic heterocycles. The molecule has 1 saturated heterocycles. The van der Waals surface area contributed by atoms with Crippen molar-refractivity contribution >= 4 is 11.6 Å². The van der Waals surface area contributed by atoms with Crippen molar-refractivity contribution in [2.75, 3.05) is 12.4 Å². The van der Waals surface area contributed by atoms with E-state index in [1.165, 1.54) is 6.42 Å². The number of carbonyl (C=O) groups is 1. The average molecular weight is 275 g/mol. The fraction of sp³-hybridized carbons (Fsp3) is 0.562. The highest BCUT2D eigenvalue weighted by Crippen LogP contribution is 2.21. The van der Waals surface area contributed by atoms with Crippen LogP contribution in [0.15, 0.2) is 18.2 Å². The largest absolute Gasteiger partial charge is 0.388 e. The Balaban J connectivity index is 2.09. The highest BCUT2D eigenvalue weighted by atomic mass is 16.2. The Morgan fingerprint density at radius 3 is 2.45 bits per heavy atom. The zero-order valence-corrected chi connectivity index (χ0v) is 12.9. The monoisotopic (exact) mass is 275 g/mol. The maximum atomic E-state index is 12.4. The fourth-order valence-corrected chi connectivity index (χ4v) is 2.91. The van der Waals surface area contributed by atoms with Crippen LogP contribution in [0.2, 0.25) is 0 Å². The molecule has 20 heavy (non-hydrogen) atoms. The minimum atomic E-state index is -0.0173. The van der Waals surface area contributed by atoms with Gasteiger partial charge >= 0.3 is 0 Å². The van der Waals surface area contributed by atoms with E-state index in [1.807, 2.05) is 32.2 Å². The van der Waals surface area contributed by atoms with Crippen LogP contribution >= 0.6 is 0 Å². The minimum Gasteiger partial charge on any atom is -0.388 e. The van der Waals surface area contributed by atoms with Crippen molar-refractivity contribution in [3.05, 3.63) is 29.3 Å². The van der Waals surface area contributed by atoms with Gasteiger partial charge in [0, 0.05) is 30.4 Å². The van der Waals surface area contributed by atoms with Gasteiger partial charge in [0.15, 0.2) is 0 Å². The highest BCUT2D eigenvalue weighted by Gasteiger charge is 2.26. The van der Waals surface area contributed by atoms with Gasteiger partial charge in [-0.2, -0.15) is 0 Å². The number of anilines is 1. The molecule has 2 N–H and O–H groups in total. The Bertz CT molecular complexity index is 477. The number of hydrazine groups is 1. The third kappa shape index (κ3) is 3.12. The standard InChI is InChI=1S/C16H25N3O/c1-11-10-14(8-9-15(11)17-4)16(20)18-19-12(2)6-5-7-13(19)3/h8-10,12-13,17H,5-7H2,1-4H3,(H,18,20). The van der Waals surface area contributed by atoms with Gasteiger partial charge in [0.05, 0.1) is 0 Å². The SMILES string of the molecule is CNc1ccc(C(=O)NN2C(C)CCCC2C)cc1C. The van der Waals surface area contributed by atoms with Gasteiger partial charge in [0.25, 0.3) is 5.91 Å². The second kappa shape index (κ2) is 6.27. The topological polar surface area (TPSA) is 44.4 Å². The van der Waals surface area contributed by atoms with Gasteiger partial charge in [-0.25, -0.2) is 5.01 Å². The molecule has 0 bridgehead atoms. The van der Waals surface area contributed by atoms with Crippen LogP contribution < -0.4 is 10.7 Å². The van der Waals surface area contributed by atoms with E-state index in [4.69, 9.17) is 0 Å². The molecule has 2 unspecified atom stereocenters. The third-order valence-corrected chi connectivity index (χ3v) is 4.18. The first-order chi connectivity index (χ1) is 9.52. The summed E-state index contributed by atoms with van der Waals surface area (Å²) in [5, 5.41) is 5.22. The number of amides is 1.